The van der Waals surface area contributed by atoms with Gasteiger partial charge in [-0.1, -0.05) is 48.5 Å². The van der Waals surface area contributed by atoms with Gasteiger partial charge in [-0.3, -0.25) is 14.5 Å². The Hall–Kier alpha value is -3.79. The summed E-state index contributed by atoms with van der Waals surface area (Å²) in [6, 6.07) is 22.6. The van der Waals surface area contributed by atoms with E-state index in [1.165, 1.54) is 4.31 Å². The quantitative estimate of drug-likeness (QED) is 0.423. The molecule has 4 rings (SSSR count). The second kappa shape index (κ2) is 12.0. The van der Waals surface area contributed by atoms with E-state index in [1.54, 1.807) is 72.8 Å². The molecule has 0 atom stereocenters. The van der Waals surface area contributed by atoms with Gasteiger partial charge in [0, 0.05) is 44.8 Å². The fraction of sp³-hybridized carbons (Fsp3) is 0.214. The third kappa shape index (κ3) is 6.51. The van der Waals surface area contributed by atoms with Crippen LogP contribution in [0.3, 0.4) is 0 Å². The van der Waals surface area contributed by atoms with Crippen molar-refractivity contribution in [3.05, 3.63) is 108 Å². The third-order valence-corrected chi connectivity index (χ3v) is 8.07. The van der Waals surface area contributed by atoms with Gasteiger partial charge in [0.05, 0.1) is 16.1 Å². The van der Waals surface area contributed by atoms with Crippen molar-refractivity contribution >= 4 is 27.5 Å². The van der Waals surface area contributed by atoms with Gasteiger partial charge in [0.15, 0.2) is 0 Å². The molecule has 9 heteroatoms. The van der Waals surface area contributed by atoms with E-state index in [4.69, 9.17) is 0 Å². The first-order valence-corrected chi connectivity index (χ1v) is 13.5. The zero-order chi connectivity index (χ0) is 26.3. The Morgan fingerprint density at radius 3 is 2.16 bits per heavy atom. The molecule has 1 heterocycles. The van der Waals surface area contributed by atoms with Crippen molar-refractivity contribution in [2.24, 2.45) is 0 Å². The Kier molecular flexibility index (Phi) is 8.50. The molecule has 0 unspecified atom stereocenters. The molecule has 192 valence electrons. The summed E-state index contributed by atoms with van der Waals surface area (Å²) in [6.45, 7) is 6.69. The van der Waals surface area contributed by atoms with E-state index in [0.29, 0.717) is 61.0 Å². The second-order valence-electron chi connectivity index (χ2n) is 8.69. The van der Waals surface area contributed by atoms with Gasteiger partial charge in [-0.05, 0) is 42.0 Å². The average Bonchev–Trinajstić information content (AvgIpc) is 2.93. The number of sulfonamides is 1. The van der Waals surface area contributed by atoms with Crippen LogP contribution in [0.2, 0.25) is 0 Å². The number of amides is 2. The highest BCUT2D eigenvalue weighted by Crippen LogP contribution is 2.19. The Morgan fingerprint density at radius 2 is 1.49 bits per heavy atom. The van der Waals surface area contributed by atoms with Crippen LogP contribution in [0.5, 0.6) is 0 Å². The van der Waals surface area contributed by atoms with Crippen LogP contribution in [0, 0.1) is 0 Å². The van der Waals surface area contributed by atoms with Crippen LogP contribution in [0.4, 0.5) is 5.69 Å². The molecule has 1 aliphatic heterocycles. The molecule has 1 fully saturated rings. The minimum atomic E-state index is -3.48. The molecule has 0 radical (unpaired) electrons. The lowest BCUT2D eigenvalue weighted by Gasteiger charge is -2.34. The van der Waals surface area contributed by atoms with Crippen LogP contribution in [-0.4, -0.2) is 62.2 Å². The molecular formula is C28H30N4O4S. The van der Waals surface area contributed by atoms with Crippen molar-refractivity contribution in [1.29, 1.82) is 0 Å². The Bertz CT molecular complexity index is 1350. The predicted molar refractivity (Wildman–Crippen MR) is 144 cm³/mol. The first-order valence-electron chi connectivity index (χ1n) is 12.0. The number of hydrogen-bond acceptors (Lipinski definition) is 5. The summed E-state index contributed by atoms with van der Waals surface area (Å²) in [6.07, 6.45) is 1.59. The number of hydrogen-bond donors (Lipinski definition) is 2. The molecule has 0 aliphatic carbocycles. The molecular weight excluding hydrogens is 488 g/mol. The van der Waals surface area contributed by atoms with E-state index in [9.17, 15) is 18.0 Å². The number of anilines is 1. The number of carbonyl (C=O) groups is 2. The predicted octanol–water partition coefficient (Wildman–Crippen LogP) is 3.36. The number of carbonyl (C=O) groups excluding carboxylic acids is 2. The van der Waals surface area contributed by atoms with Crippen LogP contribution in [-0.2, 0) is 16.6 Å². The van der Waals surface area contributed by atoms with Crippen molar-refractivity contribution < 1.29 is 18.0 Å². The van der Waals surface area contributed by atoms with Crippen LogP contribution in [0.1, 0.15) is 26.3 Å². The molecule has 37 heavy (non-hydrogen) atoms. The Labute approximate surface area is 217 Å². The molecule has 1 aliphatic rings. The zero-order valence-electron chi connectivity index (χ0n) is 20.5. The number of rotatable bonds is 9. The number of nitrogens with zero attached hydrogens (tertiary/aromatic N) is 2. The van der Waals surface area contributed by atoms with Gasteiger partial charge in [-0.2, -0.15) is 4.31 Å². The fourth-order valence-corrected chi connectivity index (χ4v) is 5.58. The molecule has 1 saturated heterocycles. The van der Waals surface area contributed by atoms with Gasteiger partial charge < -0.3 is 10.6 Å². The summed E-state index contributed by atoms with van der Waals surface area (Å²) in [5, 5.41) is 5.54. The Balaban J connectivity index is 1.33. The lowest BCUT2D eigenvalue weighted by molar-refractivity contribution is 0.0959. The first kappa shape index (κ1) is 26.3. The van der Waals surface area contributed by atoms with E-state index in [0.717, 1.165) is 5.56 Å². The largest absolute Gasteiger partial charge is 0.349 e. The maximum atomic E-state index is 12.8. The molecule has 2 amide bonds. The number of para-hydroxylation sites is 1. The number of nitrogens with one attached hydrogen (secondary N) is 2. The van der Waals surface area contributed by atoms with E-state index in [-0.39, 0.29) is 11.8 Å². The van der Waals surface area contributed by atoms with Gasteiger partial charge in [-0.15, -0.1) is 6.58 Å². The SMILES string of the molecule is C=CCNC(=O)c1ccccc1NC(=O)c1ccc(CN2CCN(S(=O)(=O)c3ccccc3)CC2)cc1. The molecule has 2 N–H and O–H groups in total. The van der Waals surface area contributed by atoms with Crippen LogP contribution >= 0.6 is 0 Å². The molecule has 8 nitrogen and oxygen atoms in total. The lowest BCUT2D eigenvalue weighted by atomic mass is 10.1. The summed E-state index contributed by atoms with van der Waals surface area (Å²) in [5.74, 6) is -0.599. The van der Waals surface area contributed by atoms with Gasteiger partial charge in [0.1, 0.15) is 0 Å². The molecule has 0 spiro atoms. The van der Waals surface area contributed by atoms with E-state index in [2.05, 4.69) is 22.1 Å². The molecule has 0 aromatic heterocycles. The summed E-state index contributed by atoms with van der Waals surface area (Å²) >= 11 is 0. The highest BCUT2D eigenvalue weighted by Gasteiger charge is 2.28. The smallest absolute Gasteiger partial charge is 0.255 e. The minimum absolute atomic E-state index is 0.289. The van der Waals surface area contributed by atoms with Crippen LogP contribution in [0.25, 0.3) is 0 Å². The third-order valence-electron chi connectivity index (χ3n) is 6.16. The number of piperazine rings is 1. The molecule has 0 bridgehead atoms. The second-order valence-corrected chi connectivity index (χ2v) is 10.6. The zero-order valence-corrected chi connectivity index (χ0v) is 21.3. The Morgan fingerprint density at radius 1 is 0.838 bits per heavy atom. The van der Waals surface area contributed by atoms with Crippen LogP contribution < -0.4 is 10.6 Å². The molecule has 0 saturated carbocycles. The van der Waals surface area contributed by atoms with Crippen molar-refractivity contribution in [3.63, 3.8) is 0 Å². The van der Waals surface area contributed by atoms with E-state index in [1.807, 2.05) is 12.1 Å². The van der Waals surface area contributed by atoms with Gasteiger partial charge >= 0.3 is 0 Å². The topological polar surface area (TPSA) is 98.8 Å². The van der Waals surface area contributed by atoms with Gasteiger partial charge in [-0.25, -0.2) is 8.42 Å². The van der Waals surface area contributed by atoms with Crippen molar-refractivity contribution in [1.82, 2.24) is 14.5 Å². The monoisotopic (exact) mass is 518 g/mol. The van der Waals surface area contributed by atoms with Crippen molar-refractivity contribution in [3.8, 4) is 0 Å². The fourth-order valence-electron chi connectivity index (χ4n) is 4.13. The minimum Gasteiger partial charge on any atom is -0.349 e. The highest BCUT2D eigenvalue weighted by atomic mass is 32.2. The maximum absolute atomic E-state index is 12.8. The van der Waals surface area contributed by atoms with Crippen molar-refractivity contribution in [2.75, 3.05) is 38.0 Å². The van der Waals surface area contributed by atoms with E-state index >= 15 is 0 Å². The van der Waals surface area contributed by atoms with Gasteiger partial charge in [0.25, 0.3) is 11.8 Å². The van der Waals surface area contributed by atoms with E-state index < -0.39 is 10.0 Å². The normalized spacial score (nSPS) is 14.6. The maximum Gasteiger partial charge on any atom is 0.255 e. The molecule has 3 aromatic rings. The van der Waals surface area contributed by atoms with Gasteiger partial charge in [0.2, 0.25) is 10.0 Å². The highest BCUT2D eigenvalue weighted by molar-refractivity contribution is 7.89. The molecule has 3 aromatic carbocycles. The number of benzene rings is 3. The summed E-state index contributed by atoms with van der Waals surface area (Å²) in [5.41, 5.74) is 2.31. The van der Waals surface area contributed by atoms with Crippen molar-refractivity contribution in [2.45, 2.75) is 11.4 Å². The van der Waals surface area contributed by atoms with Crippen LogP contribution in [0.15, 0.2) is 96.4 Å². The lowest BCUT2D eigenvalue weighted by Crippen LogP contribution is -2.48. The summed E-state index contributed by atoms with van der Waals surface area (Å²) in [4.78, 5) is 27.7. The average molecular weight is 519 g/mol. The first-order chi connectivity index (χ1) is 17.9. The standard InChI is InChI=1S/C28H30N4O4S/c1-2-16-29-28(34)25-10-6-7-11-26(25)30-27(33)23-14-12-22(13-15-23)21-31-17-19-32(20-18-31)37(35,36)24-8-4-3-5-9-24/h2-15H,1,16-21H2,(H,29,34)(H,30,33). The summed E-state index contributed by atoms with van der Waals surface area (Å²) < 4.78 is 27.2. The summed E-state index contributed by atoms with van der Waals surface area (Å²) in [7, 11) is -3.48.